The number of rotatable bonds is 3. The molecule has 0 unspecified atom stereocenters. The second-order valence-electron chi connectivity index (χ2n) is 4.44. The minimum absolute atomic E-state index is 1.17. The minimum Gasteiger partial charge on any atom is -0.125 e. The third-order valence-electron chi connectivity index (χ3n) is 2.99. The van der Waals surface area contributed by atoms with E-state index in [-0.39, 0.29) is 0 Å². The predicted molar refractivity (Wildman–Crippen MR) is 88.3 cm³/mol. The summed E-state index contributed by atoms with van der Waals surface area (Å²) in [5.74, 6) is 0. The Morgan fingerprint density at radius 2 is 0.950 bits per heavy atom. The van der Waals surface area contributed by atoms with E-state index in [0.29, 0.717) is 0 Å². The maximum atomic E-state index is 3.09. The van der Waals surface area contributed by atoms with Gasteiger partial charge in [0.1, 0.15) is 0 Å². The van der Waals surface area contributed by atoms with Crippen molar-refractivity contribution in [3.8, 4) is 11.1 Å². The average molecular weight is 258 g/mol. The summed E-state index contributed by atoms with van der Waals surface area (Å²) in [7, 11) is 0. The summed E-state index contributed by atoms with van der Waals surface area (Å²) in [5.41, 5.74) is 11.0. The lowest BCUT2D eigenvalue weighted by atomic mass is 10.0. The van der Waals surface area contributed by atoms with E-state index in [9.17, 15) is 0 Å². The van der Waals surface area contributed by atoms with Crippen LogP contribution in [0.3, 0.4) is 0 Å². The molecule has 0 saturated heterocycles. The molecular weight excluding hydrogens is 240 g/mol. The molecule has 0 nitrogen and oxygen atoms in total. The van der Waals surface area contributed by atoms with Gasteiger partial charge in [-0.1, -0.05) is 48.5 Å². The van der Waals surface area contributed by atoms with Gasteiger partial charge in [0.05, 0.1) is 0 Å². The van der Waals surface area contributed by atoms with Gasteiger partial charge in [-0.25, -0.2) is 0 Å². The molecule has 2 aromatic rings. The van der Waals surface area contributed by atoms with Crippen LogP contribution in [0.1, 0.15) is 25.0 Å². The monoisotopic (exact) mass is 258 g/mol. The van der Waals surface area contributed by atoms with Crippen molar-refractivity contribution in [1.29, 1.82) is 0 Å². The lowest BCUT2D eigenvalue weighted by Gasteiger charge is -2.02. The van der Waals surface area contributed by atoms with Gasteiger partial charge in [0.15, 0.2) is 0 Å². The van der Waals surface area contributed by atoms with Crippen LogP contribution in [0.25, 0.3) is 23.3 Å². The summed E-state index contributed by atoms with van der Waals surface area (Å²) in [6, 6.07) is 17.0. The fraction of sp³-hybridized carbons (Fsp3) is 0.100. The number of hydrogen-bond donors (Lipinski definition) is 0. The predicted octanol–water partition coefficient (Wildman–Crippen LogP) is 5.73. The van der Waals surface area contributed by atoms with Crippen LogP contribution in [0.5, 0.6) is 0 Å². The minimum atomic E-state index is 1.17. The topological polar surface area (TPSA) is 0 Å². The molecule has 0 spiro atoms. The standard InChI is InChI=1S/C20H18/c1-3-5-7-17-9-13-19(14-10-17)20-15-11-18(12-16-20)8-6-4-2/h3-4,7-16H,1-2H3. The molecule has 0 aliphatic carbocycles. The van der Waals surface area contributed by atoms with Crippen molar-refractivity contribution in [2.75, 3.05) is 0 Å². The highest BCUT2D eigenvalue weighted by Gasteiger charge is 1.97. The van der Waals surface area contributed by atoms with Gasteiger partial charge in [-0.3, -0.25) is 0 Å². The molecule has 20 heavy (non-hydrogen) atoms. The molecule has 98 valence electrons. The Hall–Kier alpha value is -2.52. The summed E-state index contributed by atoms with van der Waals surface area (Å²) in [5, 5.41) is 0. The molecule has 0 heteroatoms. The zero-order valence-electron chi connectivity index (χ0n) is 11.9. The Morgan fingerprint density at radius 1 is 0.600 bits per heavy atom. The zero-order chi connectivity index (χ0) is 14.2. The molecule has 0 saturated carbocycles. The van der Waals surface area contributed by atoms with Crippen LogP contribution >= 0.6 is 0 Å². The summed E-state index contributed by atoms with van der Waals surface area (Å²) in [4.78, 5) is 0. The Bertz CT molecular complexity index is 606. The van der Waals surface area contributed by atoms with Gasteiger partial charge in [0, 0.05) is 0 Å². The van der Waals surface area contributed by atoms with Crippen LogP contribution in [-0.4, -0.2) is 0 Å². The quantitative estimate of drug-likeness (QED) is 0.617. The normalized spacial score (nSPS) is 9.10. The maximum Gasteiger partial charge on any atom is -0.0131 e. The molecule has 0 heterocycles. The van der Waals surface area contributed by atoms with Crippen molar-refractivity contribution in [2.24, 2.45) is 0 Å². The van der Waals surface area contributed by atoms with Crippen molar-refractivity contribution in [1.82, 2.24) is 0 Å². The van der Waals surface area contributed by atoms with Gasteiger partial charge >= 0.3 is 0 Å². The van der Waals surface area contributed by atoms with Crippen molar-refractivity contribution in [3.05, 3.63) is 83.3 Å². The second-order valence-corrected chi connectivity index (χ2v) is 4.44. The van der Waals surface area contributed by atoms with Crippen LogP contribution in [0.15, 0.2) is 72.1 Å². The Morgan fingerprint density at radius 3 is 1.25 bits per heavy atom. The molecule has 0 radical (unpaired) electrons. The van der Waals surface area contributed by atoms with Crippen LogP contribution in [0, 0.1) is 0 Å². The third-order valence-corrected chi connectivity index (χ3v) is 2.99. The number of benzene rings is 2. The summed E-state index contributed by atoms with van der Waals surface area (Å²) < 4.78 is 0. The fourth-order valence-corrected chi connectivity index (χ4v) is 1.90. The van der Waals surface area contributed by atoms with E-state index in [1.54, 1.807) is 0 Å². The van der Waals surface area contributed by atoms with Gasteiger partial charge < -0.3 is 0 Å². The lowest BCUT2D eigenvalue weighted by molar-refractivity contribution is 1.58. The summed E-state index contributed by atoms with van der Waals surface area (Å²) in [6.45, 7) is 3.93. The highest BCUT2D eigenvalue weighted by molar-refractivity contribution is 5.67. The average Bonchev–Trinajstić information content (AvgIpc) is 2.52. The zero-order valence-corrected chi connectivity index (χ0v) is 11.9. The van der Waals surface area contributed by atoms with E-state index in [1.807, 2.05) is 38.2 Å². The maximum absolute atomic E-state index is 3.09. The van der Waals surface area contributed by atoms with E-state index in [4.69, 9.17) is 0 Å². The van der Waals surface area contributed by atoms with E-state index in [1.165, 1.54) is 22.3 Å². The first-order chi connectivity index (χ1) is 9.83. The van der Waals surface area contributed by atoms with E-state index < -0.39 is 0 Å². The van der Waals surface area contributed by atoms with Gasteiger partial charge in [0.25, 0.3) is 0 Å². The van der Waals surface area contributed by atoms with Crippen LogP contribution in [0.2, 0.25) is 0 Å². The molecule has 0 aromatic heterocycles. The van der Waals surface area contributed by atoms with E-state index >= 15 is 0 Å². The van der Waals surface area contributed by atoms with Crippen molar-refractivity contribution in [2.45, 2.75) is 13.8 Å². The molecule has 0 atom stereocenters. The van der Waals surface area contributed by atoms with Crippen LogP contribution in [0.4, 0.5) is 0 Å². The molecule has 0 aliphatic heterocycles. The molecule has 0 fully saturated rings. The first kappa shape index (κ1) is 13.9. The SMILES string of the molecule is CC=C=Cc1ccc(-c2ccc(C=C=CC)cc2)cc1. The van der Waals surface area contributed by atoms with Crippen molar-refractivity contribution < 1.29 is 0 Å². The summed E-state index contributed by atoms with van der Waals surface area (Å²) >= 11 is 0. The summed E-state index contributed by atoms with van der Waals surface area (Å²) in [6.07, 6.45) is 7.78. The molecular formula is C20H18. The Labute approximate surface area is 121 Å². The van der Waals surface area contributed by atoms with Gasteiger partial charge in [-0.05, 0) is 60.4 Å². The molecule has 0 amide bonds. The molecule has 2 aromatic carbocycles. The van der Waals surface area contributed by atoms with Crippen molar-refractivity contribution in [3.63, 3.8) is 0 Å². The molecule has 0 N–H and O–H groups in total. The van der Waals surface area contributed by atoms with Crippen molar-refractivity contribution >= 4 is 12.2 Å². The Balaban J connectivity index is 2.23. The van der Waals surface area contributed by atoms with Crippen LogP contribution < -0.4 is 0 Å². The molecule has 0 aliphatic rings. The van der Waals surface area contributed by atoms with E-state index in [2.05, 4.69) is 60.0 Å². The highest BCUT2D eigenvalue weighted by Crippen LogP contribution is 2.21. The number of allylic oxidation sites excluding steroid dienone is 2. The largest absolute Gasteiger partial charge is 0.125 e. The first-order valence-electron chi connectivity index (χ1n) is 6.78. The highest BCUT2D eigenvalue weighted by atomic mass is 14.0. The van der Waals surface area contributed by atoms with Crippen LogP contribution in [-0.2, 0) is 0 Å². The van der Waals surface area contributed by atoms with E-state index in [0.717, 1.165) is 0 Å². The first-order valence-corrected chi connectivity index (χ1v) is 6.78. The second kappa shape index (κ2) is 7.16. The Kier molecular flexibility index (Phi) is 4.98. The number of hydrogen-bond acceptors (Lipinski definition) is 0. The third kappa shape index (κ3) is 3.73. The van der Waals surface area contributed by atoms with Gasteiger partial charge in [-0.15, -0.1) is 11.5 Å². The smallest absolute Gasteiger partial charge is 0.0131 e. The lowest BCUT2D eigenvalue weighted by Crippen LogP contribution is -1.79. The van der Waals surface area contributed by atoms with Gasteiger partial charge in [-0.2, -0.15) is 0 Å². The fourth-order valence-electron chi connectivity index (χ4n) is 1.90. The molecule has 2 rings (SSSR count). The molecule has 0 bridgehead atoms. The van der Waals surface area contributed by atoms with Gasteiger partial charge in [0.2, 0.25) is 0 Å².